The van der Waals surface area contributed by atoms with E-state index < -0.39 is 0 Å². The van der Waals surface area contributed by atoms with Gasteiger partial charge < -0.3 is 10.2 Å². The predicted octanol–water partition coefficient (Wildman–Crippen LogP) is 3.42. The number of benzene rings is 1. The lowest BCUT2D eigenvalue weighted by Crippen LogP contribution is -2.22. The molecule has 3 aromatic rings. The molecule has 6 nitrogen and oxygen atoms in total. The molecular weight excluding hydrogens is 338 g/mol. The molecule has 0 atom stereocenters. The Morgan fingerprint density at radius 2 is 1.81 bits per heavy atom. The Hall–Kier alpha value is -3.28. The Balaban J connectivity index is 1.62. The molecule has 1 aromatic carbocycles. The van der Waals surface area contributed by atoms with E-state index in [2.05, 4.69) is 20.5 Å². The standard InChI is InChI=1S/C21H23N5O/c1-15-5-4-6-18(16(15)2)23-21(27)19-7-8-20(25-24-19)26(3)14-11-17-9-12-22-13-10-17/h4-10,12-13H,11,14H2,1-3H3,(H,23,27). The van der Waals surface area contributed by atoms with Crippen LogP contribution >= 0.6 is 0 Å². The number of hydrogen-bond donors (Lipinski definition) is 1. The highest BCUT2D eigenvalue weighted by atomic mass is 16.1. The predicted molar refractivity (Wildman–Crippen MR) is 107 cm³/mol. The summed E-state index contributed by atoms with van der Waals surface area (Å²) < 4.78 is 0. The van der Waals surface area contributed by atoms with Gasteiger partial charge in [-0.2, -0.15) is 0 Å². The molecule has 0 unspecified atom stereocenters. The number of carbonyl (C=O) groups excluding carboxylic acids is 1. The smallest absolute Gasteiger partial charge is 0.276 e. The largest absolute Gasteiger partial charge is 0.358 e. The van der Waals surface area contributed by atoms with Crippen LogP contribution in [0.15, 0.2) is 54.9 Å². The molecule has 0 radical (unpaired) electrons. The van der Waals surface area contributed by atoms with Gasteiger partial charge in [0.2, 0.25) is 0 Å². The molecule has 0 saturated carbocycles. The summed E-state index contributed by atoms with van der Waals surface area (Å²) in [5, 5.41) is 11.2. The minimum absolute atomic E-state index is 0.262. The number of aryl methyl sites for hydroxylation is 1. The van der Waals surface area contributed by atoms with Crippen LogP contribution in [-0.4, -0.2) is 34.7 Å². The number of anilines is 2. The molecule has 1 amide bonds. The van der Waals surface area contributed by atoms with Gasteiger partial charge in [-0.15, -0.1) is 10.2 Å². The van der Waals surface area contributed by atoms with Crippen molar-refractivity contribution >= 4 is 17.4 Å². The number of carbonyl (C=O) groups is 1. The van der Waals surface area contributed by atoms with Crippen molar-refractivity contribution in [3.05, 3.63) is 77.2 Å². The molecule has 27 heavy (non-hydrogen) atoms. The van der Waals surface area contributed by atoms with Gasteiger partial charge in [0.25, 0.3) is 5.91 Å². The monoisotopic (exact) mass is 361 g/mol. The summed E-state index contributed by atoms with van der Waals surface area (Å²) in [5.74, 6) is 0.467. The summed E-state index contributed by atoms with van der Waals surface area (Å²) in [6.45, 7) is 4.80. The average molecular weight is 361 g/mol. The molecule has 138 valence electrons. The molecule has 0 aliphatic rings. The molecular formula is C21H23N5O. The van der Waals surface area contributed by atoms with Crippen LogP contribution in [0.25, 0.3) is 0 Å². The molecule has 0 spiro atoms. The third-order valence-electron chi connectivity index (χ3n) is 4.61. The van der Waals surface area contributed by atoms with Gasteiger partial charge in [0.1, 0.15) is 0 Å². The summed E-state index contributed by atoms with van der Waals surface area (Å²) in [5.41, 5.74) is 4.48. The van der Waals surface area contributed by atoms with Crippen molar-refractivity contribution in [2.24, 2.45) is 0 Å². The number of pyridine rings is 1. The van der Waals surface area contributed by atoms with Crippen molar-refractivity contribution in [2.75, 3.05) is 23.8 Å². The minimum Gasteiger partial charge on any atom is -0.358 e. The van der Waals surface area contributed by atoms with Gasteiger partial charge in [-0.3, -0.25) is 9.78 Å². The second-order valence-corrected chi connectivity index (χ2v) is 6.51. The van der Waals surface area contributed by atoms with Gasteiger partial charge in [-0.25, -0.2) is 0 Å². The van der Waals surface area contributed by atoms with E-state index in [1.807, 2.05) is 62.2 Å². The second-order valence-electron chi connectivity index (χ2n) is 6.51. The maximum Gasteiger partial charge on any atom is 0.276 e. The molecule has 0 aliphatic carbocycles. The van der Waals surface area contributed by atoms with Crippen LogP contribution in [-0.2, 0) is 6.42 Å². The van der Waals surface area contributed by atoms with E-state index in [1.54, 1.807) is 18.5 Å². The zero-order valence-corrected chi connectivity index (χ0v) is 15.8. The lowest BCUT2D eigenvalue weighted by atomic mass is 10.1. The van der Waals surface area contributed by atoms with Crippen LogP contribution in [0.2, 0.25) is 0 Å². The van der Waals surface area contributed by atoms with Crippen molar-refractivity contribution in [1.82, 2.24) is 15.2 Å². The van der Waals surface area contributed by atoms with Crippen molar-refractivity contribution < 1.29 is 4.79 Å². The number of rotatable bonds is 6. The minimum atomic E-state index is -0.262. The molecule has 2 aromatic heterocycles. The summed E-state index contributed by atoms with van der Waals surface area (Å²) in [6.07, 6.45) is 4.46. The van der Waals surface area contributed by atoms with Crippen molar-refractivity contribution in [3.63, 3.8) is 0 Å². The van der Waals surface area contributed by atoms with E-state index in [0.29, 0.717) is 5.69 Å². The molecule has 3 rings (SSSR count). The van der Waals surface area contributed by atoms with E-state index >= 15 is 0 Å². The number of hydrogen-bond acceptors (Lipinski definition) is 5. The van der Waals surface area contributed by atoms with Gasteiger partial charge in [-0.05, 0) is 67.3 Å². The highest BCUT2D eigenvalue weighted by Crippen LogP contribution is 2.18. The van der Waals surface area contributed by atoms with E-state index in [4.69, 9.17) is 0 Å². The summed E-state index contributed by atoms with van der Waals surface area (Å²) in [4.78, 5) is 18.5. The first-order valence-corrected chi connectivity index (χ1v) is 8.86. The average Bonchev–Trinajstić information content (AvgIpc) is 2.70. The quantitative estimate of drug-likeness (QED) is 0.728. The molecule has 0 aliphatic heterocycles. The van der Waals surface area contributed by atoms with Gasteiger partial charge in [0.05, 0.1) is 0 Å². The Kier molecular flexibility index (Phi) is 5.76. The number of nitrogens with one attached hydrogen (secondary N) is 1. The lowest BCUT2D eigenvalue weighted by Gasteiger charge is -2.17. The van der Waals surface area contributed by atoms with E-state index in [9.17, 15) is 4.79 Å². The highest BCUT2D eigenvalue weighted by molar-refractivity contribution is 6.03. The van der Waals surface area contributed by atoms with Crippen molar-refractivity contribution in [1.29, 1.82) is 0 Å². The molecule has 0 saturated heterocycles. The summed E-state index contributed by atoms with van der Waals surface area (Å²) in [7, 11) is 1.96. The Labute approximate surface area is 159 Å². The topological polar surface area (TPSA) is 71.0 Å². The van der Waals surface area contributed by atoms with E-state index in [-0.39, 0.29) is 5.91 Å². The fourth-order valence-corrected chi connectivity index (χ4v) is 2.68. The molecule has 0 fully saturated rings. The number of nitrogens with zero attached hydrogens (tertiary/aromatic N) is 4. The van der Waals surface area contributed by atoms with Gasteiger partial charge >= 0.3 is 0 Å². The lowest BCUT2D eigenvalue weighted by molar-refractivity contribution is 0.102. The normalized spacial score (nSPS) is 10.5. The third-order valence-corrected chi connectivity index (χ3v) is 4.61. The van der Waals surface area contributed by atoms with Gasteiger partial charge in [-0.1, -0.05) is 12.1 Å². The van der Waals surface area contributed by atoms with E-state index in [0.717, 1.165) is 35.6 Å². The first-order chi connectivity index (χ1) is 13.0. The first-order valence-electron chi connectivity index (χ1n) is 8.86. The van der Waals surface area contributed by atoms with Crippen LogP contribution in [0.5, 0.6) is 0 Å². The molecule has 2 heterocycles. The summed E-state index contributed by atoms with van der Waals surface area (Å²) >= 11 is 0. The zero-order valence-electron chi connectivity index (χ0n) is 15.8. The second kappa shape index (κ2) is 8.40. The highest BCUT2D eigenvalue weighted by Gasteiger charge is 2.12. The first kappa shape index (κ1) is 18.5. The van der Waals surface area contributed by atoms with Gasteiger partial charge in [0, 0.05) is 31.7 Å². The SMILES string of the molecule is Cc1cccc(NC(=O)c2ccc(N(C)CCc3ccncc3)nn2)c1C. The molecule has 0 bridgehead atoms. The van der Waals surface area contributed by atoms with Crippen molar-refractivity contribution in [2.45, 2.75) is 20.3 Å². The Morgan fingerprint density at radius 1 is 1.04 bits per heavy atom. The van der Waals surface area contributed by atoms with Crippen LogP contribution in [0.3, 0.4) is 0 Å². The van der Waals surface area contributed by atoms with Crippen LogP contribution < -0.4 is 10.2 Å². The summed E-state index contributed by atoms with van der Waals surface area (Å²) in [6, 6.07) is 13.3. The number of amides is 1. The fraction of sp³-hybridized carbons (Fsp3) is 0.238. The van der Waals surface area contributed by atoms with Crippen LogP contribution in [0, 0.1) is 13.8 Å². The fourth-order valence-electron chi connectivity index (χ4n) is 2.68. The maximum atomic E-state index is 12.4. The Morgan fingerprint density at radius 3 is 2.52 bits per heavy atom. The Bertz CT molecular complexity index is 910. The number of likely N-dealkylation sites (N-methyl/N-ethyl adjacent to an activating group) is 1. The van der Waals surface area contributed by atoms with E-state index in [1.165, 1.54) is 5.56 Å². The van der Waals surface area contributed by atoms with Crippen LogP contribution in [0.1, 0.15) is 27.2 Å². The van der Waals surface area contributed by atoms with Crippen molar-refractivity contribution in [3.8, 4) is 0 Å². The number of aromatic nitrogens is 3. The third kappa shape index (κ3) is 4.67. The maximum absolute atomic E-state index is 12.4. The zero-order chi connectivity index (χ0) is 19.2. The molecule has 1 N–H and O–H groups in total. The molecule has 6 heteroatoms. The van der Waals surface area contributed by atoms with Crippen LogP contribution in [0.4, 0.5) is 11.5 Å². The van der Waals surface area contributed by atoms with Gasteiger partial charge in [0.15, 0.2) is 11.5 Å².